The van der Waals surface area contributed by atoms with E-state index in [0.29, 0.717) is 11.3 Å². The number of allylic oxidation sites excluding steroid dienone is 8. The first kappa shape index (κ1) is 27.9. The zero-order chi connectivity index (χ0) is 28.2. The molecule has 2 aromatic carbocycles. The van der Waals surface area contributed by atoms with Gasteiger partial charge in [-0.05, 0) is 70.7 Å². The molecule has 1 heterocycles. The first-order valence-electron chi connectivity index (χ1n) is 13.3. The van der Waals surface area contributed by atoms with Gasteiger partial charge in [0, 0.05) is 27.9 Å². The van der Waals surface area contributed by atoms with Gasteiger partial charge in [0.1, 0.15) is 17.1 Å². The van der Waals surface area contributed by atoms with Gasteiger partial charge in [-0.3, -0.25) is 4.57 Å². The van der Waals surface area contributed by atoms with Crippen molar-refractivity contribution in [2.75, 3.05) is 7.11 Å². The number of ether oxygens (including phenoxy) is 1. The number of carbonyl (C=O) groups is 1. The van der Waals surface area contributed by atoms with Crippen molar-refractivity contribution in [3.05, 3.63) is 95.9 Å². The lowest BCUT2D eigenvalue weighted by molar-refractivity contribution is 0.0597. The Morgan fingerprint density at radius 1 is 1.00 bits per heavy atom. The molecule has 1 aromatic heterocycles. The van der Waals surface area contributed by atoms with Gasteiger partial charge in [-0.2, -0.15) is 0 Å². The summed E-state index contributed by atoms with van der Waals surface area (Å²) in [6.07, 6.45) is 15.3. The van der Waals surface area contributed by atoms with Gasteiger partial charge in [0.2, 0.25) is 0 Å². The van der Waals surface area contributed by atoms with Crippen LogP contribution in [0.4, 0.5) is 0 Å². The SMILES string of the molecule is CC=CC(=CC)c1nc(-c2ccc(C(=O)OC)c(O)c2)c(-c2ccc(C3(N)CCC3)cc2)n1C(C=CC)=CC. The number of benzene rings is 2. The number of phenols is 1. The first-order chi connectivity index (χ1) is 18.8. The number of rotatable bonds is 8. The van der Waals surface area contributed by atoms with Crippen LogP contribution in [0.5, 0.6) is 5.75 Å². The summed E-state index contributed by atoms with van der Waals surface area (Å²) >= 11 is 0. The molecule has 3 N–H and O–H groups in total. The number of phenolic OH excluding ortho intramolecular Hbond substituents is 1. The third-order valence-electron chi connectivity index (χ3n) is 7.34. The second-order valence-electron chi connectivity index (χ2n) is 9.74. The second kappa shape index (κ2) is 11.7. The smallest absolute Gasteiger partial charge is 0.341 e. The monoisotopic (exact) mass is 523 g/mol. The molecule has 1 aliphatic rings. The first-order valence-corrected chi connectivity index (χ1v) is 13.3. The lowest BCUT2D eigenvalue weighted by atomic mass is 9.72. The normalized spacial score (nSPS) is 15.6. The van der Waals surface area contributed by atoms with Crippen LogP contribution in [0.2, 0.25) is 0 Å². The third-order valence-corrected chi connectivity index (χ3v) is 7.34. The van der Waals surface area contributed by atoms with Crippen LogP contribution < -0.4 is 5.73 Å². The number of hydrogen-bond donors (Lipinski definition) is 2. The maximum atomic E-state index is 12.1. The molecule has 0 atom stereocenters. The van der Waals surface area contributed by atoms with Gasteiger partial charge < -0.3 is 15.6 Å². The minimum absolute atomic E-state index is 0.103. The molecule has 0 saturated heterocycles. The lowest BCUT2D eigenvalue weighted by Crippen LogP contribution is -2.43. The lowest BCUT2D eigenvalue weighted by Gasteiger charge is -2.38. The molecule has 6 heteroatoms. The number of nitrogens with two attached hydrogens (primary N) is 1. The second-order valence-corrected chi connectivity index (χ2v) is 9.74. The van der Waals surface area contributed by atoms with Crippen molar-refractivity contribution in [1.82, 2.24) is 9.55 Å². The predicted octanol–water partition coefficient (Wildman–Crippen LogP) is 7.46. The van der Waals surface area contributed by atoms with E-state index < -0.39 is 5.97 Å². The van der Waals surface area contributed by atoms with E-state index in [1.807, 2.05) is 52.0 Å². The number of nitrogens with zero attached hydrogens (tertiary/aromatic N) is 2. The largest absolute Gasteiger partial charge is 0.507 e. The summed E-state index contributed by atoms with van der Waals surface area (Å²) < 4.78 is 6.96. The predicted molar refractivity (Wildman–Crippen MR) is 159 cm³/mol. The molecule has 202 valence electrons. The number of methoxy groups -OCH3 is 1. The Morgan fingerprint density at radius 3 is 2.18 bits per heavy atom. The van der Waals surface area contributed by atoms with Crippen LogP contribution in [0, 0.1) is 0 Å². The van der Waals surface area contributed by atoms with E-state index in [4.69, 9.17) is 15.5 Å². The van der Waals surface area contributed by atoms with Gasteiger partial charge in [-0.25, -0.2) is 9.78 Å². The van der Waals surface area contributed by atoms with E-state index in [0.717, 1.165) is 53.2 Å². The number of aromatic hydroxyl groups is 1. The van der Waals surface area contributed by atoms with Gasteiger partial charge in [0.15, 0.2) is 0 Å². The van der Waals surface area contributed by atoms with E-state index in [1.54, 1.807) is 18.2 Å². The fraction of sp³-hybridized carbons (Fsp3) is 0.273. The van der Waals surface area contributed by atoms with Crippen LogP contribution in [0.15, 0.2) is 78.9 Å². The van der Waals surface area contributed by atoms with Crippen LogP contribution >= 0.6 is 0 Å². The average molecular weight is 524 g/mol. The summed E-state index contributed by atoms with van der Waals surface area (Å²) in [7, 11) is 1.29. The Bertz CT molecular complexity index is 1480. The van der Waals surface area contributed by atoms with E-state index in [2.05, 4.69) is 41.0 Å². The van der Waals surface area contributed by atoms with Crippen LogP contribution in [0.25, 0.3) is 33.8 Å². The van der Waals surface area contributed by atoms with Gasteiger partial charge >= 0.3 is 5.97 Å². The van der Waals surface area contributed by atoms with Crippen LogP contribution in [-0.4, -0.2) is 27.7 Å². The minimum Gasteiger partial charge on any atom is -0.507 e. The average Bonchev–Trinajstić information content (AvgIpc) is 3.33. The highest BCUT2D eigenvalue weighted by molar-refractivity contribution is 5.94. The summed E-state index contributed by atoms with van der Waals surface area (Å²) in [6, 6.07) is 13.3. The van der Waals surface area contributed by atoms with Gasteiger partial charge in [0.25, 0.3) is 0 Å². The van der Waals surface area contributed by atoms with Gasteiger partial charge in [-0.15, -0.1) is 0 Å². The maximum Gasteiger partial charge on any atom is 0.341 e. The number of carbonyl (C=O) groups excluding carboxylic acids is 1. The molecular weight excluding hydrogens is 486 g/mol. The molecule has 6 nitrogen and oxygen atoms in total. The van der Waals surface area contributed by atoms with Crippen molar-refractivity contribution in [1.29, 1.82) is 0 Å². The Hall–Kier alpha value is -4.16. The van der Waals surface area contributed by atoms with Crippen molar-refractivity contribution in [2.24, 2.45) is 5.73 Å². The van der Waals surface area contributed by atoms with Crippen LogP contribution in [0.1, 0.15) is 68.7 Å². The highest BCUT2D eigenvalue weighted by Crippen LogP contribution is 2.42. The van der Waals surface area contributed by atoms with Crippen molar-refractivity contribution in [2.45, 2.75) is 52.5 Å². The van der Waals surface area contributed by atoms with Gasteiger partial charge in [0.05, 0.1) is 18.5 Å². The highest BCUT2D eigenvalue weighted by atomic mass is 16.5. The molecule has 1 aliphatic carbocycles. The Labute approximate surface area is 230 Å². The molecule has 3 aromatic rings. The quantitative estimate of drug-likeness (QED) is 0.236. The maximum absolute atomic E-state index is 12.1. The molecule has 0 amide bonds. The van der Waals surface area contributed by atoms with Crippen molar-refractivity contribution in [3.63, 3.8) is 0 Å². The topological polar surface area (TPSA) is 90.4 Å². The van der Waals surface area contributed by atoms with Crippen molar-refractivity contribution in [3.8, 4) is 28.3 Å². The Kier molecular flexibility index (Phi) is 8.36. The summed E-state index contributed by atoms with van der Waals surface area (Å²) in [5, 5.41) is 10.7. The highest BCUT2D eigenvalue weighted by Gasteiger charge is 2.34. The molecule has 0 bridgehead atoms. The molecule has 39 heavy (non-hydrogen) atoms. The molecule has 0 radical (unpaired) electrons. The summed E-state index contributed by atoms with van der Waals surface area (Å²) in [5.74, 6) is 0.00860. The fourth-order valence-electron chi connectivity index (χ4n) is 5.05. The standard InChI is InChI=1S/C33H37N3O3/c1-6-11-22(8-3)31-35-29(24-15-18-27(28(37)21-24)32(38)39-5)30(36(31)26(9-4)12-7-2)23-13-16-25(17-14-23)33(34)19-10-20-33/h6-9,11-18,21,37H,10,19-20,34H2,1-5H3. The van der Waals surface area contributed by atoms with Crippen LogP contribution in [0.3, 0.4) is 0 Å². The van der Waals surface area contributed by atoms with E-state index in [-0.39, 0.29) is 16.9 Å². The number of aromatic nitrogens is 2. The van der Waals surface area contributed by atoms with E-state index in [1.165, 1.54) is 7.11 Å². The molecule has 0 unspecified atom stereocenters. The molecular formula is C33H37N3O3. The molecule has 0 aliphatic heterocycles. The summed E-state index contributed by atoms with van der Waals surface area (Å²) in [4.78, 5) is 17.3. The number of esters is 1. The summed E-state index contributed by atoms with van der Waals surface area (Å²) in [6.45, 7) is 7.96. The van der Waals surface area contributed by atoms with Crippen molar-refractivity contribution >= 4 is 17.2 Å². The van der Waals surface area contributed by atoms with E-state index in [9.17, 15) is 9.90 Å². The number of imidazole rings is 1. The molecule has 0 spiro atoms. The molecule has 4 rings (SSSR count). The number of hydrogen-bond acceptors (Lipinski definition) is 5. The van der Waals surface area contributed by atoms with Gasteiger partial charge in [-0.1, -0.05) is 60.7 Å². The Morgan fingerprint density at radius 2 is 1.67 bits per heavy atom. The zero-order valence-electron chi connectivity index (χ0n) is 23.4. The molecule has 1 saturated carbocycles. The summed E-state index contributed by atoms with van der Waals surface area (Å²) in [5.41, 5.74) is 12.7. The zero-order valence-corrected chi connectivity index (χ0v) is 23.4. The van der Waals surface area contributed by atoms with E-state index >= 15 is 0 Å². The fourth-order valence-corrected chi connectivity index (χ4v) is 5.05. The minimum atomic E-state index is -0.596. The Balaban J connectivity index is 2.04. The van der Waals surface area contributed by atoms with Crippen molar-refractivity contribution < 1.29 is 14.6 Å². The van der Waals surface area contributed by atoms with Crippen LogP contribution in [-0.2, 0) is 10.3 Å². The molecule has 1 fully saturated rings. The third kappa shape index (κ3) is 5.25.